The molecule has 0 spiro atoms. The summed E-state index contributed by atoms with van der Waals surface area (Å²) in [5.74, 6) is 0.458. The van der Waals surface area contributed by atoms with Crippen molar-refractivity contribution in [2.24, 2.45) is 0 Å². The van der Waals surface area contributed by atoms with Crippen molar-refractivity contribution in [3.05, 3.63) is 52.8 Å². The number of carbonyl (C=O) groups is 1. The van der Waals surface area contributed by atoms with Crippen LogP contribution < -0.4 is 5.32 Å². The van der Waals surface area contributed by atoms with Crippen LogP contribution in [-0.2, 0) is 6.54 Å². The van der Waals surface area contributed by atoms with E-state index in [1.165, 1.54) is 12.8 Å². The molecule has 0 bridgehead atoms. The minimum atomic E-state index is -0.00570. The monoisotopic (exact) mass is 344 g/mol. The highest BCUT2D eigenvalue weighted by molar-refractivity contribution is 6.30. The van der Waals surface area contributed by atoms with Gasteiger partial charge in [0.15, 0.2) is 0 Å². The third kappa shape index (κ3) is 4.45. The summed E-state index contributed by atoms with van der Waals surface area (Å²) >= 11 is 5.88. The Hall–Kier alpha value is -2.14. The molecule has 1 saturated heterocycles. The van der Waals surface area contributed by atoms with Crippen molar-refractivity contribution < 1.29 is 4.79 Å². The first-order valence-corrected chi connectivity index (χ1v) is 8.71. The van der Waals surface area contributed by atoms with Crippen LogP contribution in [0.2, 0.25) is 5.02 Å². The smallest absolute Gasteiger partial charge is 0.272 e. The Bertz CT molecular complexity index is 682. The second-order valence-corrected chi connectivity index (χ2v) is 6.39. The summed E-state index contributed by atoms with van der Waals surface area (Å²) in [5, 5.41) is 3.86. The Morgan fingerprint density at radius 3 is 2.50 bits per heavy atom. The number of benzene rings is 1. The van der Waals surface area contributed by atoms with Crippen molar-refractivity contribution in [3.8, 4) is 0 Å². The Kier molecular flexibility index (Phi) is 5.64. The molecule has 0 unspecified atom stereocenters. The summed E-state index contributed by atoms with van der Waals surface area (Å²) in [6, 6.07) is 9.27. The molecule has 1 aliphatic rings. The molecule has 0 aliphatic carbocycles. The van der Waals surface area contributed by atoms with Gasteiger partial charge >= 0.3 is 0 Å². The van der Waals surface area contributed by atoms with E-state index in [0.717, 1.165) is 31.5 Å². The lowest BCUT2D eigenvalue weighted by Gasteiger charge is -2.19. The summed E-state index contributed by atoms with van der Waals surface area (Å²) in [6.45, 7) is 2.21. The number of aromatic nitrogens is 2. The van der Waals surface area contributed by atoms with Crippen LogP contribution in [0.3, 0.4) is 0 Å². The molecule has 1 N–H and O–H groups in total. The number of nitrogens with one attached hydrogen (secondary N) is 1. The van der Waals surface area contributed by atoms with Gasteiger partial charge in [0.05, 0.1) is 0 Å². The second-order valence-electron chi connectivity index (χ2n) is 5.95. The van der Waals surface area contributed by atoms with Crippen molar-refractivity contribution in [2.45, 2.75) is 32.2 Å². The van der Waals surface area contributed by atoms with Crippen LogP contribution in [-0.4, -0.2) is 33.9 Å². The summed E-state index contributed by atoms with van der Waals surface area (Å²) in [4.78, 5) is 23.1. The molecule has 3 rings (SSSR count). The zero-order chi connectivity index (χ0) is 16.8. The van der Waals surface area contributed by atoms with Crippen LogP contribution in [0.15, 0.2) is 36.5 Å². The lowest BCUT2D eigenvalue weighted by Crippen LogP contribution is -2.32. The van der Waals surface area contributed by atoms with Gasteiger partial charge in [-0.25, -0.2) is 9.97 Å². The molecule has 0 saturated carbocycles. The molecule has 2 heterocycles. The molecule has 5 nitrogen and oxygen atoms in total. The number of halogens is 1. The van der Waals surface area contributed by atoms with Crippen LogP contribution in [0.4, 0.5) is 5.95 Å². The fourth-order valence-corrected chi connectivity index (χ4v) is 2.91. The van der Waals surface area contributed by atoms with Gasteiger partial charge in [-0.3, -0.25) is 4.79 Å². The molecule has 0 radical (unpaired) electrons. The van der Waals surface area contributed by atoms with E-state index in [1.54, 1.807) is 12.3 Å². The molecular formula is C18H21ClN4O. The molecule has 1 fully saturated rings. The average Bonchev–Trinajstić information content (AvgIpc) is 2.90. The van der Waals surface area contributed by atoms with Gasteiger partial charge in [0.25, 0.3) is 5.91 Å². The molecule has 1 aromatic heterocycles. The topological polar surface area (TPSA) is 58.1 Å². The Morgan fingerprint density at radius 2 is 1.79 bits per heavy atom. The standard InChI is InChI=1S/C18H21ClN4O/c19-15-7-5-14(6-8-15)13-21-18-20-10-9-16(22-18)17(24)23-11-3-1-2-4-12-23/h5-10H,1-4,11-13H2,(H,20,21,22). The van der Waals surface area contributed by atoms with Gasteiger partial charge in [0.2, 0.25) is 5.95 Å². The number of amides is 1. The lowest BCUT2D eigenvalue weighted by molar-refractivity contribution is 0.0755. The number of nitrogens with zero attached hydrogens (tertiary/aromatic N) is 3. The number of hydrogen-bond acceptors (Lipinski definition) is 4. The fourth-order valence-electron chi connectivity index (χ4n) is 2.78. The van der Waals surface area contributed by atoms with Crippen molar-refractivity contribution in [3.63, 3.8) is 0 Å². The molecule has 0 atom stereocenters. The lowest BCUT2D eigenvalue weighted by atomic mass is 10.2. The van der Waals surface area contributed by atoms with Gasteiger partial charge in [-0.15, -0.1) is 0 Å². The van der Waals surface area contributed by atoms with E-state index in [-0.39, 0.29) is 5.91 Å². The minimum absolute atomic E-state index is 0.00570. The largest absolute Gasteiger partial charge is 0.350 e. The predicted octanol–water partition coefficient (Wildman–Crippen LogP) is 3.76. The maximum absolute atomic E-state index is 12.6. The summed E-state index contributed by atoms with van der Waals surface area (Å²) in [7, 11) is 0. The summed E-state index contributed by atoms with van der Waals surface area (Å²) < 4.78 is 0. The van der Waals surface area contributed by atoms with E-state index in [4.69, 9.17) is 11.6 Å². The van der Waals surface area contributed by atoms with Crippen LogP contribution >= 0.6 is 11.6 Å². The highest BCUT2D eigenvalue weighted by Crippen LogP contribution is 2.14. The maximum atomic E-state index is 12.6. The molecular weight excluding hydrogens is 324 g/mol. The second kappa shape index (κ2) is 8.11. The first-order valence-electron chi connectivity index (χ1n) is 8.33. The Morgan fingerprint density at radius 1 is 1.08 bits per heavy atom. The van der Waals surface area contributed by atoms with Crippen LogP contribution in [0.25, 0.3) is 0 Å². The summed E-state index contributed by atoms with van der Waals surface area (Å²) in [6.07, 6.45) is 6.15. The highest BCUT2D eigenvalue weighted by atomic mass is 35.5. The Labute approximate surface area is 147 Å². The predicted molar refractivity (Wildman–Crippen MR) is 95.2 cm³/mol. The van der Waals surface area contributed by atoms with Crippen LogP contribution in [0.1, 0.15) is 41.7 Å². The molecule has 24 heavy (non-hydrogen) atoms. The minimum Gasteiger partial charge on any atom is -0.350 e. The van der Waals surface area contributed by atoms with Gasteiger partial charge in [0, 0.05) is 30.9 Å². The van der Waals surface area contributed by atoms with E-state index in [1.807, 2.05) is 29.2 Å². The van der Waals surface area contributed by atoms with Crippen molar-refractivity contribution in [1.29, 1.82) is 0 Å². The quantitative estimate of drug-likeness (QED) is 0.917. The zero-order valence-corrected chi connectivity index (χ0v) is 14.3. The van der Waals surface area contributed by atoms with E-state index in [0.29, 0.717) is 23.2 Å². The number of carbonyl (C=O) groups excluding carboxylic acids is 1. The molecule has 2 aromatic rings. The number of anilines is 1. The molecule has 6 heteroatoms. The number of rotatable bonds is 4. The van der Waals surface area contributed by atoms with E-state index >= 15 is 0 Å². The van der Waals surface area contributed by atoms with Gasteiger partial charge in [-0.1, -0.05) is 36.6 Å². The van der Waals surface area contributed by atoms with Crippen LogP contribution in [0, 0.1) is 0 Å². The third-order valence-corrected chi connectivity index (χ3v) is 4.38. The SMILES string of the molecule is O=C(c1ccnc(NCc2ccc(Cl)cc2)n1)N1CCCCCC1. The highest BCUT2D eigenvalue weighted by Gasteiger charge is 2.18. The molecule has 1 aliphatic heterocycles. The number of likely N-dealkylation sites (tertiary alicyclic amines) is 1. The van der Waals surface area contributed by atoms with Crippen molar-refractivity contribution >= 4 is 23.5 Å². The van der Waals surface area contributed by atoms with E-state index in [2.05, 4.69) is 15.3 Å². The van der Waals surface area contributed by atoms with Gasteiger partial charge in [-0.05, 0) is 36.6 Å². The van der Waals surface area contributed by atoms with Crippen molar-refractivity contribution in [2.75, 3.05) is 18.4 Å². The van der Waals surface area contributed by atoms with Gasteiger partial charge in [0.1, 0.15) is 5.69 Å². The van der Waals surface area contributed by atoms with Gasteiger partial charge in [-0.2, -0.15) is 0 Å². The normalized spacial score (nSPS) is 15.0. The maximum Gasteiger partial charge on any atom is 0.272 e. The first kappa shape index (κ1) is 16.7. The number of hydrogen-bond donors (Lipinski definition) is 1. The van der Waals surface area contributed by atoms with E-state index in [9.17, 15) is 4.79 Å². The zero-order valence-electron chi connectivity index (χ0n) is 13.5. The van der Waals surface area contributed by atoms with Gasteiger partial charge < -0.3 is 10.2 Å². The average molecular weight is 345 g/mol. The summed E-state index contributed by atoms with van der Waals surface area (Å²) in [5.41, 5.74) is 1.53. The molecule has 126 valence electrons. The fraction of sp³-hybridized carbons (Fsp3) is 0.389. The first-order chi connectivity index (χ1) is 11.7. The van der Waals surface area contributed by atoms with Crippen molar-refractivity contribution in [1.82, 2.24) is 14.9 Å². The molecule has 1 amide bonds. The van der Waals surface area contributed by atoms with Crippen LogP contribution in [0.5, 0.6) is 0 Å². The Balaban J connectivity index is 1.64. The third-order valence-electron chi connectivity index (χ3n) is 4.13. The molecule has 1 aromatic carbocycles. The van der Waals surface area contributed by atoms with E-state index < -0.39 is 0 Å².